The van der Waals surface area contributed by atoms with Gasteiger partial charge in [0.05, 0.1) is 5.56 Å². The van der Waals surface area contributed by atoms with Gasteiger partial charge in [-0.25, -0.2) is 5.10 Å². The fourth-order valence-corrected chi connectivity index (χ4v) is 2.22. The summed E-state index contributed by atoms with van der Waals surface area (Å²) in [6, 6.07) is 19.4. The Morgan fingerprint density at radius 3 is 2.15 bits per heavy atom. The van der Waals surface area contributed by atoms with E-state index in [1.165, 1.54) is 0 Å². The standard InChI is InChI=1S/C16H11ClN2O/c17-15-10-14(16(20)19-18-15)13-8-6-12(7-9-13)11-4-2-1-3-5-11/h1-10H,(H,19,20). The minimum atomic E-state index is -0.248. The molecule has 0 aliphatic rings. The van der Waals surface area contributed by atoms with Crippen LogP contribution < -0.4 is 5.56 Å². The van der Waals surface area contributed by atoms with Gasteiger partial charge in [0.25, 0.3) is 5.56 Å². The average molecular weight is 283 g/mol. The minimum absolute atomic E-state index is 0.248. The Kier molecular flexibility index (Phi) is 3.35. The van der Waals surface area contributed by atoms with Crippen molar-refractivity contribution in [2.24, 2.45) is 0 Å². The number of hydrogen-bond donors (Lipinski definition) is 1. The average Bonchev–Trinajstić information content (AvgIpc) is 2.51. The lowest BCUT2D eigenvalue weighted by atomic mass is 10.0. The first-order chi connectivity index (χ1) is 9.74. The molecule has 4 heteroatoms. The Balaban J connectivity index is 2.02. The van der Waals surface area contributed by atoms with Gasteiger partial charge in [-0.15, -0.1) is 0 Å². The van der Waals surface area contributed by atoms with E-state index in [9.17, 15) is 4.79 Å². The molecule has 0 saturated heterocycles. The van der Waals surface area contributed by atoms with Gasteiger partial charge in [-0.2, -0.15) is 5.10 Å². The molecule has 1 aromatic heterocycles. The van der Waals surface area contributed by atoms with Gasteiger partial charge in [-0.3, -0.25) is 4.79 Å². The van der Waals surface area contributed by atoms with Crippen LogP contribution in [0.25, 0.3) is 22.3 Å². The number of aromatic nitrogens is 2. The first-order valence-electron chi connectivity index (χ1n) is 6.15. The van der Waals surface area contributed by atoms with Crippen LogP contribution in [0.1, 0.15) is 0 Å². The quantitative estimate of drug-likeness (QED) is 0.778. The summed E-state index contributed by atoms with van der Waals surface area (Å²) < 4.78 is 0. The third-order valence-electron chi connectivity index (χ3n) is 3.08. The van der Waals surface area contributed by atoms with Gasteiger partial charge >= 0.3 is 0 Å². The van der Waals surface area contributed by atoms with Crippen molar-refractivity contribution in [3.8, 4) is 22.3 Å². The van der Waals surface area contributed by atoms with Crippen LogP contribution in [-0.4, -0.2) is 10.2 Å². The number of rotatable bonds is 2. The van der Waals surface area contributed by atoms with Crippen molar-refractivity contribution in [1.29, 1.82) is 0 Å². The summed E-state index contributed by atoms with van der Waals surface area (Å²) in [5.41, 5.74) is 3.33. The summed E-state index contributed by atoms with van der Waals surface area (Å²) in [7, 11) is 0. The van der Waals surface area contributed by atoms with Crippen LogP contribution in [-0.2, 0) is 0 Å². The summed E-state index contributed by atoms with van der Waals surface area (Å²) >= 11 is 5.81. The molecule has 3 aromatic rings. The van der Waals surface area contributed by atoms with Gasteiger partial charge < -0.3 is 0 Å². The highest BCUT2D eigenvalue weighted by atomic mass is 35.5. The lowest BCUT2D eigenvalue weighted by Crippen LogP contribution is -2.10. The maximum atomic E-state index is 11.8. The van der Waals surface area contributed by atoms with Crippen LogP contribution in [0.2, 0.25) is 5.15 Å². The highest BCUT2D eigenvalue weighted by molar-refractivity contribution is 6.29. The predicted molar refractivity (Wildman–Crippen MR) is 80.7 cm³/mol. The highest BCUT2D eigenvalue weighted by Gasteiger charge is 2.05. The van der Waals surface area contributed by atoms with Gasteiger partial charge in [0, 0.05) is 0 Å². The Hall–Kier alpha value is -2.39. The van der Waals surface area contributed by atoms with E-state index in [0.29, 0.717) is 5.56 Å². The van der Waals surface area contributed by atoms with Crippen LogP contribution in [0.15, 0.2) is 65.5 Å². The maximum Gasteiger partial charge on any atom is 0.272 e. The Morgan fingerprint density at radius 1 is 0.850 bits per heavy atom. The van der Waals surface area contributed by atoms with Crippen LogP contribution in [0.3, 0.4) is 0 Å². The smallest absolute Gasteiger partial charge is 0.267 e. The zero-order chi connectivity index (χ0) is 13.9. The van der Waals surface area contributed by atoms with Crippen LogP contribution in [0.4, 0.5) is 0 Å². The van der Waals surface area contributed by atoms with E-state index in [4.69, 9.17) is 11.6 Å². The van der Waals surface area contributed by atoms with Crippen molar-refractivity contribution in [3.63, 3.8) is 0 Å². The molecule has 0 aliphatic carbocycles. The lowest BCUT2D eigenvalue weighted by molar-refractivity contribution is 0.992. The van der Waals surface area contributed by atoms with Crippen molar-refractivity contribution < 1.29 is 0 Å². The molecule has 98 valence electrons. The van der Waals surface area contributed by atoms with E-state index in [-0.39, 0.29) is 10.7 Å². The lowest BCUT2D eigenvalue weighted by Gasteiger charge is -2.04. The van der Waals surface area contributed by atoms with Gasteiger partial charge in [-0.1, -0.05) is 66.2 Å². The number of aromatic amines is 1. The molecule has 0 fully saturated rings. The highest BCUT2D eigenvalue weighted by Crippen LogP contribution is 2.23. The second-order valence-corrected chi connectivity index (χ2v) is 4.76. The number of hydrogen-bond acceptors (Lipinski definition) is 2. The number of nitrogens with zero attached hydrogens (tertiary/aromatic N) is 1. The number of halogens is 1. The third kappa shape index (κ3) is 2.49. The molecule has 0 aliphatic heterocycles. The molecular weight excluding hydrogens is 272 g/mol. The number of H-pyrrole nitrogens is 1. The van der Waals surface area contributed by atoms with E-state index in [0.717, 1.165) is 16.7 Å². The molecule has 2 aromatic carbocycles. The fraction of sp³-hybridized carbons (Fsp3) is 0. The Morgan fingerprint density at radius 2 is 1.45 bits per heavy atom. The SMILES string of the molecule is O=c1[nH]nc(Cl)cc1-c1ccc(-c2ccccc2)cc1. The summed E-state index contributed by atoms with van der Waals surface area (Å²) in [5.74, 6) is 0. The molecule has 0 unspecified atom stereocenters. The monoisotopic (exact) mass is 282 g/mol. The van der Waals surface area contributed by atoms with Crippen LogP contribution in [0, 0.1) is 0 Å². The Bertz CT molecular complexity index is 780. The molecule has 0 bridgehead atoms. The first-order valence-corrected chi connectivity index (χ1v) is 6.53. The summed E-state index contributed by atoms with van der Waals surface area (Å²) in [6.45, 7) is 0. The minimum Gasteiger partial charge on any atom is -0.267 e. The van der Waals surface area contributed by atoms with E-state index in [1.807, 2.05) is 54.6 Å². The predicted octanol–water partition coefficient (Wildman–Crippen LogP) is 3.76. The van der Waals surface area contributed by atoms with Gasteiger partial charge in [0.1, 0.15) is 5.15 Å². The van der Waals surface area contributed by atoms with Crippen molar-refractivity contribution in [2.45, 2.75) is 0 Å². The largest absolute Gasteiger partial charge is 0.272 e. The zero-order valence-electron chi connectivity index (χ0n) is 10.5. The second-order valence-electron chi connectivity index (χ2n) is 4.38. The molecule has 0 atom stereocenters. The van der Waals surface area contributed by atoms with Gasteiger partial charge in [0.15, 0.2) is 0 Å². The second kappa shape index (κ2) is 5.31. The summed E-state index contributed by atoms with van der Waals surface area (Å²) in [4.78, 5) is 11.8. The van der Waals surface area contributed by atoms with Crippen molar-refractivity contribution >= 4 is 11.6 Å². The van der Waals surface area contributed by atoms with E-state index >= 15 is 0 Å². The zero-order valence-corrected chi connectivity index (χ0v) is 11.3. The molecule has 0 radical (unpaired) electrons. The maximum absolute atomic E-state index is 11.8. The van der Waals surface area contributed by atoms with Gasteiger partial charge in [-0.05, 0) is 22.8 Å². The Labute approximate surface area is 120 Å². The molecule has 20 heavy (non-hydrogen) atoms. The first kappa shape index (κ1) is 12.6. The van der Waals surface area contributed by atoms with Crippen LogP contribution in [0.5, 0.6) is 0 Å². The molecule has 0 spiro atoms. The molecule has 1 heterocycles. The third-order valence-corrected chi connectivity index (χ3v) is 3.27. The molecule has 3 nitrogen and oxygen atoms in total. The van der Waals surface area contributed by atoms with Crippen molar-refractivity contribution in [1.82, 2.24) is 10.2 Å². The normalized spacial score (nSPS) is 10.4. The van der Waals surface area contributed by atoms with E-state index in [1.54, 1.807) is 6.07 Å². The fourth-order valence-electron chi connectivity index (χ4n) is 2.07. The van der Waals surface area contributed by atoms with Gasteiger partial charge in [0.2, 0.25) is 0 Å². The summed E-state index contributed by atoms with van der Waals surface area (Å²) in [5, 5.41) is 6.30. The van der Waals surface area contributed by atoms with E-state index in [2.05, 4.69) is 10.2 Å². The molecule has 3 rings (SSSR count). The molecule has 1 N–H and O–H groups in total. The molecular formula is C16H11ClN2O. The van der Waals surface area contributed by atoms with Crippen molar-refractivity contribution in [2.75, 3.05) is 0 Å². The number of benzene rings is 2. The summed E-state index contributed by atoms with van der Waals surface area (Å²) in [6.07, 6.45) is 0. The number of nitrogens with one attached hydrogen (secondary N) is 1. The van der Waals surface area contributed by atoms with Crippen LogP contribution >= 0.6 is 11.6 Å². The topological polar surface area (TPSA) is 45.8 Å². The molecule has 0 saturated carbocycles. The van der Waals surface area contributed by atoms with E-state index < -0.39 is 0 Å². The van der Waals surface area contributed by atoms with Crippen molar-refractivity contribution in [3.05, 3.63) is 76.2 Å². The molecule has 0 amide bonds.